The molecule has 20 heavy (non-hydrogen) atoms. The molecule has 104 valence electrons. The van der Waals surface area contributed by atoms with Gasteiger partial charge in [0.25, 0.3) is 0 Å². The summed E-state index contributed by atoms with van der Waals surface area (Å²) in [5, 5.41) is 11.7. The normalized spacial score (nSPS) is 11.4. The Kier molecular flexibility index (Phi) is 4.14. The van der Waals surface area contributed by atoms with E-state index in [0.717, 1.165) is 0 Å². The number of rotatable bonds is 4. The molecule has 0 atom stereocenters. The topological polar surface area (TPSA) is 80.7 Å². The van der Waals surface area contributed by atoms with Crippen LogP contribution in [0.5, 0.6) is 5.88 Å². The smallest absolute Gasteiger partial charge is 0.225 e. The van der Waals surface area contributed by atoms with E-state index < -0.39 is 0 Å². The Morgan fingerprint density at radius 3 is 2.80 bits per heavy atom. The summed E-state index contributed by atoms with van der Waals surface area (Å²) < 4.78 is 19.0. The van der Waals surface area contributed by atoms with Crippen molar-refractivity contribution in [1.82, 2.24) is 4.98 Å². The lowest BCUT2D eigenvalue weighted by molar-refractivity contribution is 0.285. The molecular weight excluding hydrogens is 261 g/mol. The van der Waals surface area contributed by atoms with Crippen molar-refractivity contribution in [3.8, 4) is 5.88 Å². The molecule has 0 unspecified atom stereocenters. The first kappa shape index (κ1) is 13.8. The van der Waals surface area contributed by atoms with Gasteiger partial charge >= 0.3 is 0 Å². The Balaban J connectivity index is 2.25. The molecule has 0 spiro atoms. The second kappa shape index (κ2) is 6.01. The van der Waals surface area contributed by atoms with Crippen molar-refractivity contribution < 1.29 is 14.3 Å². The summed E-state index contributed by atoms with van der Waals surface area (Å²) in [6.45, 7) is 1.79. The van der Waals surface area contributed by atoms with E-state index in [2.05, 4.69) is 10.1 Å². The molecule has 3 N–H and O–H groups in total. The van der Waals surface area contributed by atoms with Crippen LogP contribution >= 0.6 is 0 Å². The fraction of sp³-hybridized carbons (Fsp3) is 0.143. The van der Waals surface area contributed by atoms with Crippen LogP contribution in [0.4, 0.5) is 4.39 Å². The lowest BCUT2D eigenvalue weighted by atomic mass is 10.2. The molecule has 0 amide bonds. The average molecular weight is 275 g/mol. The number of benzene rings is 1. The fourth-order valence-electron chi connectivity index (χ4n) is 1.65. The van der Waals surface area contributed by atoms with Crippen molar-refractivity contribution in [1.29, 1.82) is 0 Å². The summed E-state index contributed by atoms with van der Waals surface area (Å²) in [5.41, 5.74) is 7.02. The van der Waals surface area contributed by atoms with E-state index in [1.807, 2.05) is 0 Å². The maximum absolute atomic E-state index is 13.5. The van der Waals surface area contributed by atoms with Gasteiger partial charge in [0.05, 0.1) is 5.56 Å². The molecule has 0 radical (unpaired) electrons. The standard InChI is InChI=1S/C14H14FN3O2/c1-9-6-7-11(13(16)18-19)14(17-9)20-8-10-4-2-3-5-12(10)15/h2-7,19H,8H2,1H3,(H2,16,18). The lowest BCUT2D eigenvalue weighted by Gasteiger charge is -2.10. The zero-order valence-corrected chi connectivity index (χ0v) is 10.9. The molecule has 0 aliphatic carbocycles. The van der Waals surface area contributed by atoms with Gasteiger partial charge in [0.1, 0.15) is 12.4 Å². The molecule has 0 saturated heterocycles. The number of halogens is 1. The highest BCUT2D eigenvalue weighted by Gasteiger charge is 2.11. The molecule has 1 aromatic heterocycles. The summed E-state index contributed by atoms with van der Waals surface area (Å²) in [7, 11) is 0. The van der Waals surface area contributed by atoms with Crippen molar-refractivity contribution in [2.45, 2.75) is 13.5 Å². The van der Waals surface area contributed by atoms with E-state index in [4.69, 9.17) is 15.7 Å². The van der Waals surface area contributed by atoms with Crippen LogP contribution in [0.1, 0.15) is 16.8 Å². The van der Waals surface area contributed by atoms with Crippen LogP contribution in [0, 0.1) is 12.7 Å². The van der Waals surface area contributed by atoms with E-state index in [9.17, 15) is 4.39 Å². The zero-order valence-electron chi connectivity index (χ0n) is 10.9. The lowest BCUT2D eigenvalue weighted by Crippen LogP contribution is -2.16. The number of nitrogens with zero attached hydrogens (tertiary/aromatic N) is 2. The van der Waals surface area contributed by atoms with Gasteiger partial charge < -0.3 is 15.7 Å². The van der Waals surface area contributed by atoms with Crippen LogP contribution in [0.25, 0.3) is 0 Å². The van der Waals surface area contributed by atoms with Crippen LogP contribution in [0.15, 0.2) is 41.6 Å². The third kappa shape index (κ3) is 3.03. The van der Waals surface area contributed by atoms with Crippen LogP contribution in [0.2, 0.25) is 0 Å². The minimum Gasteiger partial charge on any atom is -0.472 e. The third-order valence-electron chi connectivity index (χ3n) is 2.71. The van der Waals surface area contributed by atoms with Crippen molar-refractivity contribution in [2.24, 2.45) is 10.9 Å². The maximum Gasteiger partial charge on any atom is 0.225 e. The van der Waals surface area contributed by atoms with E-state index in [-0.39, 0.29) is 24.1 Å². The molecule has 0 aliphatic rings. The quantitative estimate of drug-likeness (QED) is 0.388. The molecule has 0 aliphatic heterocycles. The second-order valence-electron chi connectivity index (χ2n) is 4.17. The molecule has 0 saturated carbocycles. The van der Waals surface area contributed by atoms with E-state index in [0.29, 0.717) is 16.8 Å². The van der Waals surface area contributed by atoms with E-state index in [1.165, 1.54) is 6.07 Å². The monoisotopic (exact) mass is 275 g/mol. The van der Waals surface area contributed by atoms with Gasteiger partial charge in [0, 0.05) is 11.3 Å². The fourth-order valence-corrected chi connectivity index (χ4v) is 1.65. The highest BCUT2D eigenvalue weighted by molar-refractivity contribution is 5.99. The highest BCUT2D eigenvalue weighted by atomic mass is 19.1. The van der Waals surface area contributed by atoms with Gasteiger partial charge in [0.15, 0.2) is 5.84 Å². The van der Waals surface area contributed by atoms with Crippen LogP contribution in [0.3, 0.4) is 0 Å². The zero-order chi connectivity index (χ0) is 14.5. The highest BCUT2D eigenvalue weighted by Crippen LogP contribution is 2.18. The Labute approximate surface area is 115 Å². The van der Waals surface area contributed by atoms with Crippen molar-refractivity contribution >= 4 is 5.84 Å². The number of aromatic nitrogens is 1. The van der Waals surface area contributed by atoms with E-state index >= 15 is 0 Å². The molecule has 0 fully saturated rings. The number of pyridine rings is 1. The first-order valence-electron chi connectivity index (χ1n) is 5.93. The number of ether oxygens (including phenoxy) is 1. The number of oxime groups is 1. The number of amidine groups is 1. The van der Waals surface area contributed by atoms with Gasteiger partial charge in [-0.3, -0.25) is 0 Å². The number of aryl methyl sites for hydroxylation is 1. The summed E-state index contributed by atoms with van der Waals surface area (Å²) in [6, 6.07) is 9.64. The predicted molar refractivity (Wildman–Crippen MR) is 72.2 cm³/mol. The molecule has 1 aromatic carbocycles. The molecule has 1 heterocycles. The van der Waals surface area contributed by atoms with Crippen molar-refractivity contribution in [3.05, 3.63) is 59.0 Å². The van der Waals surface area contributed by atoms with Crippen molar-refractivity contribution in [2.75, 3.05) is 0 Å². The summed E-state index contributed by atoms with van der Waals surface area (Å²) in [4.78, 5) is 4.17. The minimum absolute atomic E-state index is 0.00877. The molecule has 5 nitrogen and oxygen atoms in total. The number of hydrogen-bond acceptors (Lipinski definition) is 4. The minimum atomic E-state index is -0.356. The van der Waals surface area contributed by atoms with Crippen LogP contribution in [-0.2, 0) is 6.61 Å². The summed E-state index contributed by atoms with van der Waals surface area (Å²) in [5.74, 6) is -0.268. The largest absolute Gasteiger partial charge is 0.472 e. The van der Waals surface area contributed by atoms with Gasteiger partial charge in [-0.05, 0) is 25.1 Å². The summed E-state index contributed by atoms with van der Waals surface area (Å²) in [6.07, 6.45) is 0. The molecule has 2 rings (SSSR count). The Morgan fingerprint density at radius 2 is 2.10 bits per heavy atom. The first-order chi connectivity index (χ1) is 9.61. The SMILES string of the molecule is Cc1ccc(C(N)=NO)c(OCc2ccccc2F)n1. The van der Waals surface area contributed by atoms with E-state index in [1.54, 1.807) is 37.3 Å². The number of hydrogen-bond donors (Lipinski definition) is 2. The first-order valence-corrected chi connectivity index (χ1v) is 5.93. The Bertz CT molecular complexity index is 644. The number of nitrogens with two attached hydrogens (primary N) is 1. The van der Waals surface area contributed by atoms with Crippen molar-refractivity contribution in [3.63, 3.8) is 0 Å². The molecule has 6 heteroatoms. The third-order valence-corrected chi connectivity index (χ3v) is 2.71. The van der Waals surface area contributed by atoms with Gasteiger partial charge in [-0.2, -0.15) is 0 Å². The molecule has 2 aromatic rings. The summed E-state index contributed by atoms with van der Waals surface area (Å²) >= 11 is 0. The molecular formula is C14H14FN3O2. The van der Waals surface area contributed by atoms with Crippen LogP contribution in [-0.4, -0.2) is 16.0 Å². The van der Waals surface area contributed by atoms with Gasteiger partial charge in [-0.15, -0.1) is 0 Å². The predicted octanol–water partition coefficient (Wildman–Crippen LogP) is 2.20. The maximum atomic E-state index is 13.5. The molecule has 0 bridgehead atoms. The average Bonchev–Trinajstić information content (AvgIpc) is 2.46. The van der Waals surface area contributed by atoms with Gasteiger partial charge in [-0.25, -0.2) is 9.37 Å². The second-order valence-corrected chi connectivity index (χ2v) is 4.17. The Hall–Kier alpha value is -2.63. The van der Waals surface area contributed by atoms with Gasteiger partial charge in [0.2, 0.25) is 5.88 Å². The van der Waals surface area contributed by atoms with Gasteiger partial charge in [-0.1, -0.05) is 23.4 Å². The Morgan fingerprint density at radius 1 is 1.35 bits per heavy atom. The van der Waals surface area contributed by atoms with Crippen LogP contribution < -0.4 is 10.5 Å².